The summed E-state index contributed by atoms with van der Waals surface area (Å²) in [4.78, 5) is 2.09. The van der Waals surface area contributed by atoms with E-state index in [-0.39, 0.29) is 0 Å². The van der Waals surface area contributed by atoms with Crippen molar-refractivity contribution in [1.82, 2.24) is 5.32 Å². The molecule has 1 aliphatic carbocycles. The molecule has 0 aromatic heterocycles. The van der Waals surface area contributed by atoms with Gasteiger partial charge >= 0.3 is 0 Å². The Morgan fingerprint density at radius 2 is 2.12 bits per heavy atom. The van der Waals surface area contributed by atoms with Gasteiger partial charge in [-0.15, -0.1) is 0 Å². The molecule has 0 saturated heterocycles. The number of anilines is 1. The van der Waals surface area contributed by atoms with Crippen LogP contribution in [-0.4, -0.2) is 26.7 Å². The molecular weight excluding hydrogens is 212 g/mol. The Morgan fingerprint density at radius 1 is 1.35 bits per heavy atom. The van der Waals surface area contributed by atoms with Crippen LogP contribution in [0, 0.1) is 0 Å². The highest BCUT2D eigenvalue weighted by Gasteiger charge is 2.20. The molecule has 1 N–H and O–H groups in total. The zero-order chi connectivity index (χ0) is 12.3. The number of nitrogens with zero attached hydrogens (tertiary/aromatic N) is 1. The molecule has 2 rings (SSSR count). The average Bonchev–Trinajstić information content (AvgIpc) is 3.10. The summed E-state index contributed by atoms with van der Waals surface area (Å²) in [6.07, 6.45) is 2.65. The van der Waals surface area contributed by atoms with Gasteiger partial charge in [0.2, 0.25) is 0 Å². The maximum atomic E-state index is 5.69. The Labute approximate surface area is 104 Å². The first kappa shape index (κ1) is 12.2. The minimum atomic E-state index is 0.709. The molecule has 1 saturated carbocycles. The van der Waals surface area contributed by atoms with Gasteiger partial charge in [-0.05, 0) is 37.5 Å². The first-order chi connectivity index (χ1) is 8.20. The average molecular weight is 234 g/mol. The van der Waals surface area contributed by atoms with E-state index in [0.29, 0.717) is 6.61 Å². The predicted octanol–water partition coefficient (Wildman–Crippen LogP) is 2.40. The molecule has 3 nitrogen and oxygen atoms in total. The van der Waals surface area contributed by atoms with Crippen molar-refractivity contribution >= 4 is 5.69 Å². The fraction of sp³-hybridized carbons (Fsp3) is 0.571. The molecule has 1 fully saturated rings. The zero-order valence-electron chi connectivity index (χ0n) is 11.0. The van der Waals surface area contributed by atoms with Crippen molar-refractivity contribution < 1.29 is 4.74 Å². The van der Waals surface area contributed by atoms with Crippen molar-refractivity contribution in [1.29, 1.82) is 0 Å². The van der Waals surface area contributed by atoms with Crippen molar-refractivity contribution in [2.24, 2.45) is 0 Å². The Bertz CT molecular complexity index is 372. The molecule has 0 aliphatic heterocycles. The Kier molecular flexibility index (Phi) is 3.89. The van der Waals surface area contributed by atoms with Crippen molar-refractivity contribution in [3.8, 4) is 5.75 Å². The van der Waals surface area contributed by atoms with Crippen LogP contribution in [-0.2, 0) is 6.54 Å². The van der Waals surface area contributed by atoms with Crippen LogP contribution in [0.1, 0.15) is 25.3 Å². The number of ether oxygens (including phenoxy) is 1. The van der Waals surface area contributed by atoms with E-state index in [1.54, 1.807) is 0 Å². The lowest BCUT2D eigenvalue weighted by Crippen LogP contribution is -2.16. The maximum absolute atomic E-state index is 5.69. The van der Waals surface area contributed by atoms with Crippen LogP contribution in [0.5, 0.6) is 5.75 Å². The Balaban J connectivity index is 2.08. The molecule has 1 aromatic rings. The minimum Gasteiger partial charge on any atom is -0.492 e. The van der Waals surface area contributed by atoms with Gasteiger partial charge in [0.15, 0.2) is 0 Å². The molecule has 0 radical (unpaired) electrons. The van der Waals surface area contributed by atoms with Gasteiger partial charge in [0.1, 0.15) is 5.75 Å². The van der Waals surface area contributed by atoms with E-state index in [9.17, 15) is 0 Å². The maximum Gasteiger partial charge on any atom is 0.142 e. The van der Waals surface area contributed by atoms with Crippen LogP contribution in [0.4, 0.5) is 5.69 Å². The third-order valence-electron chi connectivity index (χ3n) is 2.98. The zero-order valence-corrected chi connectivity index (χ0v) is 11.0. The largest absolute Gasteiger partial charge is 0.492 e. The second-order valence-electron chi connectivity index (χ2n) is 4.78. The summed E-state index contributed by atoms with van der Waals surface area (Å²) in [6, 6.07) is 7.20. The van der Waals surface area contributed by atoms with E-state index in [2.05, 4.69) is 28.4 Å². The molecule has 0 atom stereocenters. The van der Waals surface area contributed by atoms with Gasteiger partial charge in [-0.3, -0.25) is 0 Å². The molecule has 3 heteroatoms. The topological polar surface area (TPSA) is 24.5 Å². The summed E-state index contributed by atoms with van der Waals surface area (Å²) in [5.41, 5.74) is 2.44. The number of benzene rings is 1. The third-order valence-corrected chi connectivity index (χ3v) is 2.98. The molecule has 1 aromatic carbocycles. The van der Waals surface area contributed by atoms with Gasteiger partial charge in [-0.2, -0.15) is 0 Å². The highest BCUT2D eigenvalue weighted by molar-refractivity contribution is 5.58. The predicted molar refractivity (Wildman–Crippen MR) is 71.8 cm³/mol. The number of nitrogens with one attached hydrogen (secondary N) is 1. The van der Waals surface area contributed by atoms with Gasteiger partial charge in [0, 0.05) is 26.7 Å². The van der Waals surface area contributed by atoms with Crippen LogP contribution in [0.25, 0.3) is 0 Å². The van der Waals surface area contributed by atoms with E-state index in [0.717, 1.165) is 24.0 Å². The van der Waals surface area contributed by atoms with E-state index in [4.69, 9.17) is 4.74 Å². The van der Waals surface area contributed by atoms with Crippen LogP contribution < -0.4 is 15.0 Å². The SMILES string of the molecule is CCOc1cc(CNC2CC2)ccc1N(C)C. The first-order valence-corrected chi connectivity index (χ1v) is 6.37. The Hall–Kier alpha value is -1.22. The molecule has 0 spiro atoms. The summed E-state index contributed by atoms with van der Waals surface area (Å²) in [7, 11) is 4.08. The lowest BCUT2D eigenvalue weighted by atomic mass is 10.1. The molecule has 0 bridgehead atoms. The summed E-state index contributed by atoms with van der Waals surface area (Å²) >= 11 is 0. The van der Waals surface area contributed by atoms with E-state index >= 15 is 0 Å². The van der Waals surface area contributed by atoms with Gasteiger partial charge < -0.3 is 15.0 Å². The lowest BCUT2D eigenvalue weighted by Gasteiger charge is -2.18. The molecule has 94 valence electrons. The molecule has 0 heterocycles. The van der Waals surface area contributed by atoms with Crippen molar-refractivity contribution in [2.45, 2.75) is 32.4 Å². The van der Waals surface area contributed by atoms with E-state index in [1.807, 2.05) is 21.0 Å². The van der Waals surface area contributed by atoms with Crippen molar-refractivity contribution in [3.63, 3.8) is 0 Å². The van der Waals surface area contributed by atoms with Crippen LogP contribution in [0.2, 0.25) is 0 Å². The molecule has 0 amide bonds. The highest BCUT2D eigenvalue weighted by Crippen LogP contribution is 2.28. The first-order valence-electron chi connectivity index (χ1n) is 6.37. The van der Waals surface area contributed by atoms with Gasteiger partial charge in [0.25, 0.3) is 0 Å². The highest BCUT2D eigenvalue weighted by atomic mass is 16.5. The van der Waals surface area contributed by atoms with E-state index < -0.39 is 0 Å². The minimum absolute atomic E-state index is 0.709. The third kappa shape index (κ3) is 3.37. The summed E-state index contributed by atoms with van der Waals surface area (Å²) in [5, 5.41) is 3.52. The fourth-order valence-corrected chi connectivity index (χ4v) is 1.86. The number of hydrogen-bond donors (Lipinski definition) is 1. The molecule has 0 unspecified atom stereocenters. The fourth-order valence-electron chi connectivity index (χ4n) is 1.86. The van der Waals surface area contributed by atoms with Gasteiger partial charge in [-0.25, -0.2) is 0 Å². The van der Waals surface area contributed by atoms with Crippen LogP contribution in [0.3, 0.4) is 0 Å². The molecular formula is C14H22N2O. The monoisotopic (exact) mass is 234 g/mol. The second-order valence-corrected chi connectivity index (χ2v) is 4.78. The molecule has 1 aliphatic rings. The Morgan fingerprint density at radius 3 is 2.71 bits per heavy atom. The summed E-state index contributed by atoms with van der Waals surface area (Å²) in [5.74, 6) is 0.979. The number of rotatable bonds is 6. The smallest absolute Gasteiger partial charge is 0.142 e. The van der Waals surface area contributed by atoms with E-state index in [1.165, 1.54) is 18.4 Å². The second kappa shape index (κ2) is 5.41. The van der Waals surface area contributed by atoms with Gasteiger partial charge in [-0.1, -0.05) is 6.07 Å². The lowest BCUT2D eigenvalue weighted by molar-refractivity contribution is 0.340. The van der Waals surface area contributed by atoms with Crippen molar-refractivity contribution in [2.75, 3.05) is 25.6 Å². The van der Waals surface area contributed by atoms with Crippen LogP contribution >= 0.6 is 0 Å². The normalized spacial score (nSPS) is 14.8. The quantitative estimate of drug-likeness (QED) is 0.818. The van der Waals surface area contributed by atoms with Gasteiger partial charge in [0.05, 0.1) is 12.3 Å². The summed E-state index contributed by atoms with van der Waals surface area (Å²) < 4.78 is 5.69. The summed E-state index contributed by atoms with van der Waals surface area (Å²) in [6.45, 7) is 3.67. The van der Waals surface area contributed by atoms with Crippen LogP contribution in [0.15, 0.2) is 18.2 Å². The standard InChI is InChI=1S/C14H22N2O/c1-4-17-14-9-11(10-15-12-6-7-12)5-8-13(14)16(2)3/h5,8-9,12,15H,4,6-7,10H2,1-3H3. The van der Waals surface area contributed by atoms with Crippen molar-refractivity contribution in [3.05, 3.63) is 23.8 Å². The molecule has 17 heavy (non-hydrogen) atoms. The number of hydrogen-bond acceptors (Lipinski definition) is 3.